The molecule has 0 fully saturated rings. The van der Waals surface area contributed by atoms with E-state index in [1.807, 2.05) is 0 Å². The molecule has 10 heavy (non-hydrogen) atoms. The molecule has 0 bridgehead atoms. The zero-order chi connectivity index (χ0) is 7.82. The van der Waals surface area contributed by atoms with Crippen molar-refractivity contribution >= 4 is 18.7 Å². The van der Waals surface area contributed by atoms with E-state index in [0.29, 0.717) is 6.54 Å². The van der Waals surface area contributed by atoms with Gasteiger partial charge in [0.25, 0.3) is 0 Å². The molecule has 0 aromatic rings. The van der Waals surface area contributed by atoms with Crippen LogP contribution in [0.4, 0.5) is 0 Å². The zero-order valence-corrected chi connectivity index (χ0v) is 8.09. The second-order valence-corrected chi connectivity index (χ2v) is 4.85. The van der Waals surface area contributed by atoms with Gasteiger partial charge in [-0.05, 0) is 12.6 Å². The minimum Gasteiger partial charge on any atom is -0.329 e. The Morgan fingerprint density at radius 2 is 2.30 bits per heavy atom. The maximum absolute atomic E-state index is 5.94. The lowest BCUT2D eigenvalue weighted by molar-refractivity contribution is 0.870. The average Bonchev–Trinajstić information content (AvgIpc) is 1.97. The summed E-state index contributed by atoms with van der Waals surface area (Å²) in [5, 5.41) is 3.17. The number of hydrogen-bond donors (Lipinski definition) is 2. The summed E-state index contributed by atoms with van der Waals surface area (Å²) < 4.78 is 0. The Kier molecular flexibility index (Phi) is 8.24. The molecule has 0 spiro atoms. The summed E-state index contributed by atoms with van der Waals surface area (Å²) >= 11 is 5.94. The van der Waals surface area contributed by atoms with Crippen LogP contribution in [-0.4, -0.2) is 19.3 Å². The molecule has 0 aromatic heterocycles. The van der Waals surface area contributed by atoms with E-state index >= 15 is 0 Å². The molecule has 1 atom stereocenters. The first kappa shape index (κ1) is 10.6. The molecule has 0 aliphatic heterocycles. The van der Waals surface area contributed by atoms with Gasteiger partial charge in [0.05, 0.1) is 7.43 Å². The van der Waals surface area contributed by atoms with Crippen molar-refractivity contribution in [1.82, 2.24) is 5.09 Å². The van der Waals surface area contributed by atoms with E-state index in [1.54, 1.807) is 0 Å². The average molecular weight is 183 g/mol. The molecular formula is C6H16ClN2P. The third-order valence-electron chi connectivity index (χ3n) is 1.14. The highest BCUT2D eigenvalue weighted by Gasteiger charge is 1.99. The fraction of sp³-hybridized carbons (Fsp3) is 1.00. The van der Waals surface area contributed by atoms with E-state index in [4.69, 9.17) is 17.0 Å². The van der Waals surface area contributed by atoms with Crippen LogP contribution in [0.3, 0.4) is 0 Å². The molecule has 2 nitrogen and oxygen atoms in total. The number of nitrogens with one attached hydrogen (secondary N) is 1. The lowest BCUT2D eigenvalue weighted by Gasteiger charge is -2.08. The van der Waals surface area contributed by atoms with Crippen LogP contribution >= 0.6 is 18.7 Å². The van der Waals surface area contributed by atoms with Crippen molar-refractivity contribution in [2.24, 2.45) is 5.73 Å². The zero-order valence-electron chi connectivity index (χ0n) is 6.44. The molecule has 0 aliphatic rings. The Labute approximate surface area is 69.1 Å². The third-order valence-corrected chi connectivity index (χ3v) is 3.28. The van der Waals surface area contributed by atoms with Gasteiger partial charge < -0.3 is 5.73 Å². The molecule has 4 heteroatoms. The first-order chi connectivity index (χ1) is 4.81. The summed E-state index contributed by atoms with van der Waals surface area (Å²) in [5.74, 6) is 0. The smallest absolute Gasteiger partial charge is 0.0598 e. The molecule has 0 radical (unpaired) electrons. The molecule has 62 valence electrons. The van der Waals surface area contributed by atoms with Gasteiger partial charge in [-0.2, -0.15) is 0 Å². The summed E-state index contributed by atoms with van der Waals surface area (Å²) in [6.45, 7) is 3.69. The van der Waals surface area contributed by atoms with Crippen LogP contribution in [0.5, 0.6) is 0 Å². The van der Waals surface area contributed by atoms with Gasteiger partial charge in [0, 0.05) is 13.1 Å². The van der Waals surface area contributed by atoms with Crippen molar-refractivity contribution in [2.45, 2.75) is 19.8 Å². The third kappa shape index (κ3) is 6.76. The topological polar surface area (TPSA) is 38.0 Å². The summed E-state index contributed by atoms with van der Waals surface area (Å²) in [7, 11) is -0.450. The van der Waals surface area contributed by atoms with Crippen molar-refractivity contribution in [1.29, 1.82) is 0 Å². The fourth-order valence-electron chi connectivity index (χ4n) is 0.562. The van der Waals surface area contributed by atoms with Crippen LogP contribution in [0.1, 0.15) is 19.8 Å². The van der Waals surface area contributed by atoms with Crippen LogP contribution < -0.4 is 10.8 Å². The standard InChI is InChI=1S/C6H16ClN2P/c1-2-3-6-10(7)9-5-4-8/h9H,2-6,8H2,1H3. The molecule has 1 unspecified atom stereocenters. The Morgan fingerprint density at radius 3 is 2.80 bits per heavy atom. The predicted octanol–water partition coefficient (Wildman–Crippen LogP) is 1.89. The van der Waals surface area contributed by atoms with E-state index in [9.17, 15) is 0 Å². The van der Waals surface area contributed by atoms with Crippen molar-refractivity contribution in [2.75, 3.05) is 19.3 Å². The normalized spacial score (nSPS) is 13.5. The van der Waals surface area contributed by atoms with Crippen molar-refractivity contribution in [3.63, 3.8) is 0 Å². The molecule has 0 saturated heterocycles. The Balaban J connectivity index is 3.00. The van der Waals surface area contributed by atoms with Crippen molar-refractivity contribution < 1.29 is 0 Å². The van der Waals surface area contributed by atoms with Gasteiger partial charge >= 0.3 is 0 Å². The summed E-state index contributed by atoms with van der Waals surface area (Å²) in [6.07, 6.45) is 3.54. The van der Waals surface area contributed by atoms with E-state index in [1.165, 1.54) is 12.8 Å². The number of rotatable bonds is 6. The van der Waals surface area contributed by atoms with E-state index in [2.05, 4.69) is 12.0 Å². The molecule has 0 amide bonds. The SMILES string of the molecule is CCCCP(Cl)NCCN. The van der Waals surface area contributed by atoms with Crippen LogP contribution in [0, 0.1) is 0 Å². The number of unbranched alkanes of at least 4 members (excludes halogenated alkanes) is 1. The summed E-state index contributed by atoms with van der Waals surface area (Å²) in [4.78, 5) is 0. The second kappa shape index (κ2) is 7.74. The van der Waals surface area contributed by atoms with Crippen molar-refractivity contribution in [3.8, 4) is 0 Å². The van der Waals surface area contributed by atoms with Crippen LogP contribution in [-0.2, 0) is 0 Å². The fourth-order valence-corrected chi connectivity index (χ4v) is 2.30. The number of nitrogens with two attached hydrogens (primary N) is 1. The quantitative estimate of drug-likeness (QED) is 0.616. The van der Waals surface area contributed by atoms with E-state index in [0.717, 1.165) is 12.7 Å². The largest absolute Gasteiger partial charge is 0.329 e. The molecule has 0 saturated carbocycles. The molecule has 0 heterocycles. The molecular weight excluding hydrogens is 167 g/mol. The predicted molar refractivity (Wildman–Crippen MR) is 49.6 cm³/mol. The first-order valence-corrected chi connectivity index (χ1v) is 6.11. The van der Waals surface area contributed by atoms with Crippen LogP contribution in [0.15, 0.2) is 0 Å². The lowest BCUT2D eigenvalue weighted by atomic mass is 10.4. The maximum Gasteiger partial charge on any atom is 0.0598 e. The monoisotopic (exact) mass is 182 g/mol. The molecule has 0 aromatic carbocycles. The van der Waals surface area contributed by atoms with Gasteiger partial charge in [-0.25, -0.2) is 0 Å². The van der Waals surface area contributed by atoms with Crippen LogP contribution in [0.2, 0.25) is 0 Å². The van der Waals surface area contributed by atoms with Crippen molar-refractivity contribution in [3.05, 3.63) is 0 Å². The minimum atomic E-state index is -0.450. The van der Waals surface area contributed by atoms with Gasteiger partial charge in [-0.3, -0.25) is 5.09 Å². The Bertz CT molecular complexity index is 64.8. The van der Waals surface area contributed by atoms with Gasteiger partial charge in [0.2, 0.25) is 0 Å². The highest BCUT2D eigenvalue weighted by molar-refractivity contribution is 7.82. The molecule has 3 N–H and O–H groups in total. The van der Waals surface area contributed by atoms with E-state index in [-0.39, 0.29) is 0 Å². The Hall–Kier alpha value is 0.640. The number of halogens is 1. The lowest BCUT2D eigenvalue weighted by Crippen LogP contribution is -2.17. The number of hydrogen-bond acceptors (Lipinski definition) is 2. The highest BCUT2D eigenvalue weighted by Crippen LogP contribution is 2.36. The highest BCUT2D eigenvalue weighted by atomic mass is 35.7. The van der Waals surface area contributed by atoms with Gasteiger partial charge in [0.15, 0.2) is 0 Å². The first-order valence-electron chi connectivity index (χ1n) is 3.68. The minimum absolute atomic E-state index is 0.450. The van der Waals surface area contributed by atoms with E-state index < -0.39 is 7.43 Å². The molecule has 0 rings (SSSR count). The Morgan fingerprint density at radius 1 is 1.60 bits per heavy atom. The van der Waals surface area contributed by atoms with Gasteiger partial charge in [0.1, 0.15) is 0 Å². The molecule has 0 aliphatic carbocycles. The summed E-state index contributed by atoms with van der Waals surface area (Å²) in [6, 6.07) is 0. The van der Waals surface area contributed by atoms with Crippen LogP contribution in [0.25, 0.3) is 0 Å². The second-order valence-electron chi connectivity index (χ2n) is 2.14. The summed E-state index contributed by atoms with van der Waals surface area (Å²) in [5.41, 5.74) is 5.29. The van der Waals surface area contributed by atoms with Gasteiger partial charge in [-0.1, -0.05) is 24.6 Å². The maximum atomic E-state index is 5.94. The van der Waals surface area contributed by atoms with Gasteiger partial charge in [-0.15, -0.1) is 0 Å².